The summed E-state index contributed by atoms with van der Waals surface area (Å²) in [6.45, 7) is 8.47. The Morgan fingerprint density at radius 2 is 1.92 bits per heavy atom. The number of hydrogen-bond donors (Lipinski definition) is 1. The van der Waals surface area contributed by atoms with Crippen LogP contribution in [0.5, 0.6) is 5.75 Å². The molecule has 0 atom stereocenters. The van der Waals surface area contributed by atoms with Gasteiger partial charge in [0.05, 0.1) is 13.2 Å². The molecular weight excluding hydrogens is 350 g/mol. The first-order valence-corrected chi connectivity index (χ1v) is 9.78. The van der Waals surface area contributed by atoms with Gasteiger partial charge in [0, 0.05) is 49.8 Å². The summed E-state index contributed by atoms with van der Waals surface area (Å²) < 4.78 is 9.75. The Balaban J connectivity index is 1.44. The van der Waals surface area contributed by atoms with E-state index >= 15 is 0 Å². The maximum Gasteiger partial charge on any atom is 0.238 e. The molecule has 1 aromatic carbocycles. The number of anilines is 2. The van der Waals surface area contributed by atoms with Gasteiger partial charge in [-0.15, -0.1) is 0 Å². The van der Waals surface area contributed by atoms with Crippen LogP contribution in [-0.4, -0.2) is 59.5 Å². The third-order valence-electron chi connectivity index (χ3n) is 4.23. The van der Waals surface area contributed by atoms with Crippen LogP contribution in [0.1, 0.15) is 19.7 Å². The second-order valence-corrected chi connectivity index (χ2v) is 6.85. The number of nitrogens with zero attached hydrogens (tertiary/aromatic N) is 4. The number of aryl methyl sites for hydroxylation is 1. The van der Waals surface area contributed by atoms with Crippen LogP contribution >= 0.6 is 11.5 Å². The summed E-state index contributed by atoms with van der Waals surface area (Å²) >= 11 is 1.46. The Morgan fingerprint density at radius 3 is 2.54 bits per heavy atom. The molecule has 1 N–H and O–H groups in total. The smallest absolute Gasteiger partial charge is 0.238 e. The lowest BCUT2D eigenvalue weighted by molar-refractivity contribution is -0.117. The van der Waals surface area contributed by atoms with Crippen LogP contribution < -0.4 is 15.0 Å². The number of rotatable bonds is 7. The molecule has 0 aliphatic carbocycles. The maximum absolute atomic E-state index is 12.3. The van der Waals surface area contributed by atoms with Crippen molar-refractivity contribution in [3.63, 3.8) is 0 Å². The van der Waals surface area contributed by atoms with Gasteiger partial charge in [0.2, 0.25) is 11.0 Å². The number of carbonyl (C=O) groups is 1. The molecule has 7 nitrogen and oxygen atoms in total. The lowest BCUT2D eigenvalue weighted by Gasteiger charge is -2.33. The highest BCUT2D eigenvalue weighted by Crippen LogP contribution is 2.19. The van der Waals surface area contributed by atoms with Gasteiger partial charge in [0.15, 0.2) is 0 Å². The van der Waals surface area contributed by atoms with E-state index in [0.717, 1.165) is 55.0 Å². The number of ether oxygens (including phenoxy) is 1. The fraction of sp³-hybridized carbons (Fsp3) is 0.500. The predicted octanol–water partition coefficient (Wildman–Crippen LogP) is 2.26. The van der Waals surface area contributed by atoms with E-state index in [9.17, 15) is 4.79 Å². The average Bonchev–Trinajstić information content (AvgIpc) is 3.13. The molecule has 2 heterocycles. The fourth-order valence-electron chi connectivity index (χ4n) is 2.82. The van der Waals surface area contributed by atoms with Gasteiger partial charge in [0.25, 0.3) is 0 Å². The summed E-state index contributed by atoms with van der Waals surface area (Å²) in [6, 6.07) is 7.46. The van der Waals surface area contributed by atoms with Crippen molar-refractivity contribution >= 4 is 28.3 Å². The summed E-state index contributed by atoms with van der Waals surface area (Å²) in [5.74, 6) is 1.72. The fourth-order valence-corrected chi connectivity index (χ4v) is 3.62. The molecule has 0 bridgehead atoms. The molecule has 2 aromatic rings. The first kappa shape index (κ1) is 18.6. The van der Waals surface area contributed by atoms with Crippen molar-refractivity contribution in [2.75, 3.05) is 49.5 Å². The SMILES string of the molecule is CCOc1ccc(NC(=O)CN2CCN(c3nc(CC)ns3)CC2)cc1. The topological polar surface area (TPSA) is 70.6 Å². The van der Waals surface area contributed by atoms with E-state index in [0.29, 0.717) is 13.2 Å². The van der Waals surface area contributed by atoms with Gasteiger partial charge < -0.3 is 15.0 Å². The molecule has 1 aliphatic heterocycles. The molecule has 0 spiro atoms. The monoisotopic (exact) mass is 375 g/mol. The van der Waals surface area contributed by atoms with Crippen LogP contribution in [0.2, 0.25) is 0 Å². The van der Waals surface area contributed by atoms with Crippen molar-refractivity contribution in [3.8, 4) is 5.75 Å². The van der Waals surface area contributed by atoms with E-state index in [1.807, 2.05) is 31.2 Å². The van der Waals surface area contributed by atoms with Crippen molar-refractivity contribution in [3.05, 3.63) is 30.1 Å². The predicted molar refractivity (Wildman–Crippen MR) is 104 cm³/mol. The molecule has 0 saturated carbocycles. The van der Waals surface area contributed by atoms with E-state index in [1.165, 1.54) is 11.5 Å². The number of benzene rings is 1. The summed E-state index contributed by atoms with van der Waals surface area (Å²) in [5.41, 5.74) is 0.790. The number of carbonyl (C=O) groups excluding carboxylic acids is 1. The van der Waals surface area contributed by atoms with Gasteiger partial charge in [-0.2, -0.15) is 4.37 Å². The van der Waals surface area contributed by atoms with Gasteiger partial charge in [-0.25, -0.2) is 4.98 Å². The highest BCUT2D eigenvalue weighted by atomic mass is 32.1. The molecule has 1 aromatic heterocycles. The molecule has 26 heavy (non-hydrogen) atoms. The molecule has 0 unspecified atom stereocenters. The third-order valence-corrected chi connectivity index (χ3v) is 5.05. The standard InChI is InChI=1S/C18H25N5O2S/c1-3-16-20-18(26-21-16)23-11-9-22(10-12-23)13-17(24)19-14-5-7-15(8-6-14)25-4-2/h5-8H,3-4,9-13H2,1-2H3,(H,19,24). The third kappa shape index (κ3) is 4.92. The van der Waals surface area contributed by atoms with Crippen LogP contribution in [0.3, 0.4) is 0 Å². The summed E-state index contributed by atoms with van der Waals surface area (Å²) in [6.07, 6.45) is 0.863. The number of aromatic nitrogens is 2. The Labute approximate surface area is 158 Å². The number of piperazine rings is 1. The molecule has 1 aliphatic rings. The normalized spacial score (nSPS) is 15.1. The van der Waals surface area contributed by atoms with Crippen molar-refractivity contribution in [1.29, 1.82) is 0 Å². The van der Waals surface area contributed by atoms with Crippen molar-refractivity contribution < 1.29 is 9.53 Å². The van der Waals surface area contributed by atoms with Crippen LogP contribution in [0.15, 0.2) is 24.3 Å². The Bertz CT molecular complexity index is 711. The number of nitrogens with one attached hydrogen (secondary N) is 1. The summed E-state index contributed by atoms with van der Waals surface area (Å²) in [5, 5.41) is 3.93. The minimum absolute atomic E-state index is 0.00629. The molecule has 0 radical (unpaired) electrons. The molecule has 3 rings (SSSR count). The highest BCUT2D eigenvalue weighted by Gasteiger charge is 2.21. The van der Waals surface area contributed by atoms with Crippen LogP contribution in [-0.2, 0) is 11.2 Å². The van der Waals surface area contributed by atoms with Crippen molar-refractivity contribution in [1.82, 2.24) is 14.3 Å². The number of amides is 1. The van der Waals surface area contributed by atoms with E-state index in [4.69, 9.17) is 4.74 Å². The van der Waals surface area contributed by atoms with E-state index in [-0.39, 0.29) is 5.91 Å². The lowest BCUT2D eigenvalue weighted by atomic mass is 10.3. The minimum Gasteiger partial charge on any atom is -0.494 e. The second kappa shape index (κ2) is 8.95. The van der Waals surface area contributed by atoms with E-state index in [2.05, 4.69) is 31.4 Å². The quantitative estimate of drug-likeness (QED) is 0.800. The van der Waals surface area contributed by atoms with Crippen molar-refractivity contribution in [2.45, 2.75) is 20.3 Å². The lowest BCUT2D eigenvalue weighted by Crippen LogP contribution is -2.48. The van der Waals surface area contributed by atoms with Gasteiger partial charge in [-0.1, -0.05) is 6.92 Å². The Hall–Kier alpha value is -2.19. The first-order valence-electron chi connectivity index (χ1n) is 9.00. The first-order chi connectivity index (χ1) is 12.7. The van der Waals surface area contributed by atoms with E-state index in [1.54, 1.807) is 0 Å². The van der Waals surface area contributed by atoms with Crippen LogP contribution in [0.25, 0.3) is 0 Å². The zero-order chi connectivity index (χ0) is 18.4. The van der Waals surface area contributed by atoms with Gasteiger partial charge in [0.1, 0.15) is 11.6 Å². The molecule has 1 amide bonds. The average molecular weight is 375 g/mol. The van der Waals surface area contributed by atoms with Crippen molar-refractivity contribution in [2.24, 2.45) is 0 Å². The molecule has 8 heteroatoms. The van der Waals surface area contributed by atoms with Gasteiger partial charge in [-0.3, -0.25) is 9.69 Å². The molecule has 140 valence electrons. The number of hydrogen-bond acceptors (Lipinski definition) is 7. The summed E-state index contributed by atoms with van der Waals surface area (Å²) in [7, 11) is 0. The second-order valence-electron chi connectivity index (χ2n) is 6.12. The molecular formula is C18H25N5O2S. The minimum atomic E-state index is 0.00629. The zero-order valence-electron chi connectivity index (χ0n) is 15.3. The largest absolute Gasteiger partial charge is 0.494 e. The molecule has 1 fully saturated rings. The van der Waals surface area contributed by atoms with E-state index < -0.39 is 0 Å². The Morgan fingerprint density at radius 1 is 1.19 bits per heavy atom. The Kier molecular flexibility index (Phi) is 6.40. The molecule has 1 saturated heterocycles. The zero-order valence-corrected chi connectivity index (χ0v) is 16.1. The summed E-state index contributed by atoms with van der Waals surface area (Å²) in [4.78, 5) is 21.2. The van der Waals surface area contributed by atoms with Gasteiger partial charge in [-0.05, 0) is 31.2 Å². The highest BCUT2D eigenvalue weighted by molar-refractivity contribution is 7.09. The van der Waals surface area contributed by atoms with Gasteiger partial charge >= 0.3 is 0 Å². The maximum atomic E-state index is 12.3. The van der Waals surface area contributed by atoms with Crippen LogP contribution in [0, 0.1) is 0 Å². The van der Waals surface area contributed by atoms with Crippen LogP contribution in [0.4, 0.5) is 10.8 Å².